The van der Waals surface area contributed by atoms with E-state index >= 15 is 0 Å². The molecule has 6 heteroatoms. The third-order valence-electron chi connectivity index (χ3n) is 6.95. The fraction of sp³-hybridized carbons (Fsp3) is 0.423. The molecule has 0 unspecified atom stereocenters. The first-order valence-electron chi connectivity index (χ1n) is 11.2. The lowest BCUT2D eigenvalue weighted by Crippen LogP contribution is -2.45. The topological polar surface area (TPSA) is 66.9 Å². The Kier molecular flexibility index (Phi) is 6.31. The molecule has 3 amide bonds. The summed E-state index contributed by atoms with van der Waals surface area (Å²) in [6.45, 7) is 1.35. The summed E-state index contributed by atoms with van der Waals surface area (Å²) in [5, 5.41) is 0. The van der Waals surface area contributed by atoms with Gasteiger partial charge in [-0.3, -0.25) is 19.3 Å². The van der Waals surface area contributed by atoms with Gasteiger partial charge >= 0.3 is 0 Å². The van der Waals surface area contributed by atoms with Gasteiger partial charge in [-0.2, -0.15) is 0 Å². The number of amides is 3. The standard InChI is InChI=1S/C26H30N2O4/c1-27-23(29)17-26(25(27)31,21-10-6-7-11-22(21)32-2)18-24(30)28-14-12-20(13-15-28)16-19-8-4-3-5-9-19/h3-11,20H,12-18H2,1-2H3/t26-/m0/s1. The van der Waals surface area contributed by atoms with Gasteiger partial charge in [0.1, 0.15) is 5.75 Å². The smallest absolute Gasteiger partial charge is 0.240 e. The summed E-state index contributed by atoms with van der Waals surface area (Å²) >= 11 is 0. The first-order valence-corrected chi connectivity index (χ1v) is 11.2. The highest BCUT2D eigenvalue weighted by Gasteiger charge is 2.54. The van der Waals surface area contributed by atoms with Crippen molar-refractivity contribution in [2.75, 3.05) is 27.2 Å². The highest BCUT2D eigenvalue weighted by molar-refractivity contribution is 6.10. The van der Waals surface area contributed by atoms with E-state index in [-0.39, 0.29) is 30.6 Å². The minimum Gasteiger partial charge on any atom is -0.496 e. The molecule has 1 atom stereocenters. The predicted octanol–water partition coefficient (Wildman–Crippen LogP) is 3.19. The Bertz CT molecular complexity index is 998. The Hall–Kier alpha value is -3.15. The van der Waals surface area contributed by atoms with E-state index in [1.165, 1.54) is 19.7 Å². The van der Waals surface area contributed by atoms with E-state index in [2.05, 4.69) is 24.3 Å². The number of rotatable bonds is 6. The molecule has 2 heterocycles. The Balaban J connectivity index is 1.49. The molecule has 2 saturated heterocycles. The van der Waals surface area contributed by atoms with Gasteiger partial charge in [0, 0.05) is 38.5 Å². The Morgan fingerprint density at radius 1 is 1.03 bits per heavy atom. The van der Waals surface area contributed by atoms with Gasteiger partial charge in [0.15, 0.2) is 0 Å². The van der Waals surface area contributed by atoms with Crippen LogP contribution >= 0.6 is 0 Å². The summed E-state index contributed by atoms with van der Waals surface area (Å²) in [7, 11) is 3.03. The normalized spacial score (nSPS) is 21.8. The van der Waals surface area contributed by atoms with Gasteiger partial charge in [0.05, 0.1) is 12.5 Å². The number of piperidine rings is 1. The molecule has 0 aliphatic carbocycles. The quantitative estimate of drug-likeness (QED) is 0.655. The van der Waals surface area contributed by atoms with E-state index in [1.807, 2.05) is 23.1 Å². The fourth-order valence-corrected chi connectivity index (χ4v) is 5.07. The van der Waals surface area contributed by atoms with Crippen molar-refractivity contribution in [2.45, 2.75) is 37.5 Å². The van der Waals surface area contributed by atoms with Crippen molar-refractivity contribution in [3.05, 3.63) is 65.7 Å². The number of likely N-dealkylation sites (tertiary alicyclic amines) is 2. The summed E-state index contributed by atoms with van der Waals surface area (Å²) in [5.74, 6) is 0.392. The number of para-hydroxylation sites is 1. The van der Waals surface area contributed by atoms with Gasteiger partial charge in [-0.25, -0.2) is 0 Å². The molecule has 0 bridgehead atoms. The van der Waals surface area contributed by atoms with Crippen LogP contribution in [0.1, 0.15) is 36.8 Å². The zero-order valence-corrected chi connectivity index (χ0v) is 18.8. The number of benzene rings is 2. The minimum atomic E-state index is -1.21. The molecule has 0 saturated carbocycles. The number of nitrogens with zero attached hydrogens (tertiary/aromatic N) is 2. The number of ether oxygens (including phenoxy) is 1. The molecule has 2 aliphatic rings. The second kappa shape index (κ2) is 9.15. The monoisotopic (exact) mass is 434 g/mol. The van der Waals surface area contributed by atoms with Crippen LogP contribution < -0.4 is 4.74 Å². The number of imide groups is 1. The minimum absolute atomic E-state index is 0.0150. The van der Waals surface area contributed by atoms with Crippen LogP contribution in [0, 0.1) is 5.92 Å². The maximum Gasteiger partial charge on any atom is 0.240 e. The third-order valence-corrected chi connectivity index (χ3v) is 6.95. The second-order valence-electron chi connectivity index (χ2n) is 8.91. The first kappa shape index (κ1) is 22.1. The number of carbonyl (C=O) groups is 3. The lowest BCUT2D eigenvalue weighted by molar-refractivity contribution is -0.142. The van der Waals surface area contributed by atoms with E-state index in [4.69, 9.17) is 4.74 Å². The molecule has 4 rings (SSSR count). The summed E-state index contributed by atoms with van der Waals surface area (Å²) < 4.78 is 5.49. The van der Waals surface area contributed by atoms with Crippen LogP contribution in [-0.4, -0.2) is 54.8 Å². The summed E-state index contributed by atoms with van der Waals surface area (Å²) in [6, 6.07) is 17.6. The number of methoxy groups -OCH3 is 1. The molecule has 2 fully saturated rings. The molecular weight excluding hydrogens is 404 g/mol. The number of hydrogen-bond acceptors (Lipinski definition) is 4. The molecule has 6 nitrogen and oxygen atoms in total. The summed E-state index contributed by atoms with van der Waals surface area (Å²) in [6.07, 6.45) is 2.86. The molecule has 0 spiro atoms. The Labute approximate surface area is 189 Å². The van der Waals surface area contributed by atoms with Crippen LogP contribution in [-0.2, 0) is 26.2 Å². The number of carbonyl (C=O) groups excluding carboxylic acids is 3. The van der Waals surface area contributed by atoms with E-state index in [1.54, 1.807) is 12.1 Å². The zero-order chi connectivity index (χ0) is 22.7. The molecule has 32 heavy (non-hydrogen) atoms. The molecule has 0 radical (unpaired) electrons. The van der Waals surface area contributed by atoms with Gasteiger partial charge in [0.25, 0.3) is 0 Å². The van der Waals surface area contributed by atoms with E-state index in [0.717, 1.165) is 24.2 Å². The molecule has 2 aliphatic heterocycles. The Morgan fingerprint density at radius 2 is 1.69 bits per heavy atom. The number of hydrogen-bond donors (Lipinski definition) is 0. The van der Waals surface area contributed by atoms with E-state index in [9.17, 15) is 14.4 Å². The highest BCUT2D eigenvalue weighted by atomic mass is 16.5. The van der Waals surface area contributed by atoms with Gasteiger partial charge < -0.3 is 9.64 Å². The molecular formula is C26H30N2O4. The molecule has 168 valence electrons. The average molecular weight is 435 g/mol. The number of likely N-dealkylation sites (N-methyl/N-ethyl adjacent to an activating group) is 1. The lowest BCUT2D eigenvalue weighted by atomic mass is 9.75. The van der Waals surface area contributed by atoms with Crippen molar-refractivity contribution in [3.8, 4) is 5.75 Å². The van der Waals surface area contributed by atoms with Crippen LogP contribution in [0.15, 0.2) is 54.6 Å². The van der Waals surface area contributed by atoms with Crippen molar-refractivity contribution in [1.82, 2.24) is 9.80 Å². The fourth-order valence-electron chi connectivity index (χ4n) is 5.07. The molecule has 0 aromatic heterocycles. The van der Waals surface area contributed by atoms with Crippen molar-refractivity contribution in [1.29, 1.82) is 0 Å². The predicted molar refractivity (Wildman–Crippen MR) is 121 cm³/mol. The molecule has 2 aromatic rings. The van der Waals surface area contributed by atoms with Gasteiger partial charge in [-0.15, -0.1) is 0 Å². The Morgan fingerprint density at radius 3 is 2.31 bits per heavy atom. The van der Waals surface area contributed by atoms with Crippen LogP contribution in [0.3, 0.4) is 0 Å². The first-order chi connectivity index (χ1) is 15.4. The van der Waals surface area contributed by atoms with Crippen molar-refractivity contribution in [2.24, 2.45) is 5.92 Å². The maximum absolute atomic E-state index is 13.4. The maximum atomic E-state index is 13.4. The molecule has 0 N–H and O–H groups in total. The van der Waals surface area contributed by atoms with Gasteiger partial charge in [-0.05, 0) is 36.8 Å². The van der Waals surface area contributed by atoms with Crippen LogP contribution in [0.2, 0.25) is 0 Å². The van der Waals surface area contributed by atoms with Crippen LogP contribution in [0.25, 0.3) is 0 Å². The van der Waals surface area contributed by atoms with E-state index in [0.29, 0.717) is 30.3 Å². The summed E-state index contributed by atoms with van der Waals surface area (Å²) in [5.41, 5.74) is 0.721. The highest BCUT2D eigenvalue weighted by Crippen LogP contribution is 2.43. The third kappa shape index (κ3) is 4.14. The van der Waals surface area contributed by atoms with Gasteiger partial charge in [0.2, 0.25) is 17.7 Å². The van der Waals surface area contributed by atoms with Gasteiger partial charge in [-0.1, -0.05) is 48.5 Å². The van der Waals surface area contributed by atoms with Crippen molar-refractivity contribution >= 4 is 17.7 Å². The van der Waals surface area contributed by atoms with E-state index < -0.39 is 5.41 Å². The lowest BCUT2D eigenvalue weighted by Gasteiger charge is -2.35. The van der Waals surface area contributed by atoms with Crippen LogP contribution in [0.5, 0.6) is 5.75 Å². The molecule has 2 aromatic carbocycles. The van der Waals surface area contributed by atoms with Crippen molar-refractivity contribution < 1.29 is 19.1 Å². The zero-order valence-electron chi connectivity index (χ0n) is 18.8. The second-order valence-corrected chi connectivity index (χ2v) is 8.91. The summed E-state index contributed by atoms with van der Waals surface area (Å²) in [4.78, 5) is 42.1. The van der Waals surface area contributed by atoms with Crippen molar-refractivity contribution in [3.63, 3.8) is 0 Å². The average Bonchev–Trinajstić information content (AvgIpc) is 3.04. The largest absolute Gasteiger partial charge is 0.496 e. The SMILES string of the molecule is COc1ccccc1[C@@]1(CC(=O)N2CCC(Cc3ccccc3)CC2)CC(=O)N(C)C1=O. The van der Waals surface area contributed by atoms with Crippen LogP contribution in [0.4, 0.5) is 0 Å².